The van der Waals surface area contributed by atoms with Crippen LogP contribution in [0.1, 0.15) is 0 Å². The Hall–Kier alpha value is -1.14. The second-order valence-corrected chi connectivity index (χ2v) is 5.44. The van der Waals surface area contributed by atoms with E-state index in [9.17, 15) is 4.79 Å². The van der Waals surface area contributed by atoms with E-state index in [0.29, 0.717) is 20.3 Å². The molecule has 0 N–H and O–H groups in total. The van der Waals surface area contributed by atoms with E-state index in [1.807, 2.05) is 35.0 Å². The van der Waals surface area contributed by atoms with Crippen LogP contribution in [0, 0.1) is 3.57 Å². The molecule has 0 amide bonds. The lowest BCUT2D eigenvalue weighted by Crippen LogP contribution is -2.06. The van der Waals surface area contributed by atoms with E-state index in [-0.39, 0.29) is 5.43 Å². The van der Waals surface area contributed by atoms with Gasteiger partial charge in [-0.15, -0.1) is 0 Å². The molecule has 3 aromatic rings. The molecule has 17 heavy (non-hydrogen) atoms. The summed E-state index contributed by atoms with van der Waals surface area (Å²) in [6.07, 6.45) is 0. The number of fused-ring (bicyclic) bond motifs is 1. The summed E-state index contributed by atoms with van der Waals surface area (Å²) in [6.45, 7) is 0. The molecule has 3 rings (SSSR count). The van der Waals surface area contributed by atoms with Gasteiger partial charge in [0.1, 0.15) is 9.15 Å². The van der Waals surface area contributed by atoms with Gasteiger partial charge in [-0.05, 0) is 46.2 Å². The minimum atomic E-state index is 0.0358. The minimum absolute atomic E-state index is 0.0358. The maximum absolute atomic E-state index is 12.2. The molecule has 0 radical (unpaired) electrons. The Balaban J connectivity index is 2.42. The summed E-state index contributed by atoms with van der Waals surface area (Å²) in [5.74, 6) is 0.663. The van der Waals surface area contributed by atoms with Crippen molar-refractivity contribution in [3.63, 3.8) is 0 Å². The maximum atomic E-state index is 12.2. The molecule has 84 valence electrons. The third-order valence-corrected chi connectivity index (χ3v) is 4.19. The van der Waals surface area contributed by atoms with E-state index in [1.54, 1.807) is 17.4 Å². The molecule has 0 unspecified atom stereocenters. The van der Waals surface area contributed by atoms with Crippen LogP contribution in [0.4, 0.5) is 0 Å². The Kier molecular flexibility index (Phi) is 2.76. The van der Waals surface area contributed by atoms with Crippen LogP contribution < -0.4 is 5.43 Å². The first kappa shape index (κ1) is 11.0. The van der Waals surface area contributed by atoms with E-state index >= 15 is 0 Å². The molecule has 0 saturated carbocycles. The van der Waals surface area contributed by atoms with E-state index < -0.39 is 0 Å². The molecule has 2 nitrogen and oxygen atoms in total. The van der Waals surface area contributed by atoms with Crippen LogP contribution in [-0.4, -0.2) is 0 Å². The molecule has 0 aliphatic heterocycles. The van der Waals surface area contributed by atoms with Gasteiger partial charge < -0.3 is 4.42 Å². The number of thiophene rings is 1. The fraction of sp³-hybridized carbons (Fsp3) is 0. The van der Waals surface area contributed by atoms with E-state index in [2.05, 4.69) is 22.6 Å². The molecule has 0 atom stereocenters. The highest BCUT2D eigenvalue weighted by molar-refractivity contribution is 14.1. The summed E-state index contributed by atoms with van der Waals surface area (Å²) in [5.41, 5.74) is 1.63. The van der Waals surface area contributed by atoms with Crippen molar-refractivity contribution in [1.82, 2.24) is 0 Å². The first-order valence-electron chi connectivity index (χ1n) is 5.01. The molecule has 0 spiro atoms. The molecular formula is C13H7IO2S. The van der Waals surface area contributed by atoms with E-state index in [0.717, 1.165) is 5.56 Å². The quantitative estimate of drug-likeness (QED) is 0.616. The Morgan fingerprint density at radius 1 is 1.18 bits per heavy atom. The van der Waals surface area contributed by atoms with Gasteiger partial charge in [0.2, 0.25) is 5.43 Å². The second-order valence-electron chi connectivity index (χ2n) is 3.58. The molecule has 2 heterocycles. The van der Waals surface area contributed by atoms with Gasteiger partial charge in [0.05, 0.1) is 5.39 Å². The van der Waals surface area contributed by atoms with Crippen LogP contribution >= 0.6 is 33.9 Å². The molecule has 0 aliphatic rings. The van der Waals surface area contributed by atoms with Gasteiger partial charge in [-0.1, -0.05) is 12.1 Å². The first-order valence-corrected chi connectivity index (χ1v) is 7.03. The SMILES string of the molecule is O=c1c(I)c(-c2ccsc2)oc2ccccc12. The van der Waals surface area contributed by atoms with Gasteiger partial charge in [-0.25, -0.2) is 0 Å². The Morgan fingerprint density at radius 3 is 2.76 bits per heavy atom. The zero-order valence-electron chi connectivity index (χ0n) is 8.64. The Bertz CT molecular complexity index is 729. The Labute approximate surface area is 115 Å². The summed E-state index contributed by atoms with van der Waals surface area (Å²) in [4.78, 5) is 12.2. The van der Waals surface area contributed by atoms with Gasteiger partial charge in [0.15, 0.2) is 5.76 Å². The van der Waals surface area contributed by atoms with Crippen LogP contribution in [0.3, 0.4) is 0 Å². The van der Waals surface area contributed by atoms with Crippen LogP contribution in [-0.2, 0) is 0 Å². The number of hydrogen-bond acceptors (Lipinski definition) is 3. The summed E-state index contributed by atoms with van der Waals surface area (Å²) in [5, 5.41) is 4.59. The van der Waals surface area contributed by atoms with Crippen molar-refractivity contribution in [1.29, 1.82) is 0 Å². The summed E-state index contributed by atoms with van der Waals surface area (Å²) < 4.78 is 6.46. The van der Waals surface area contributed by atoms with E-state index in [1.165, 1.54) is 0 Å². The van der Waals surface area contributed by atoms with Gasteiger partial charge >= 0.3 is 0 Å². The molecule has 0 bridgehead atoms. The summed E-state index contributed by atoms with van der Waals surface area (Å²) >= 11 is 3.64. The van der Waals surface area contributed by atoms with Gasteiger partial charge in [-0.3, -0.25) is 4.79 Å². The van der Waals surface area contributed by atoms with Crippen molar-refractivity contribution in [2.24, 2.45) is 0 Å². The number of rotatable bonds is 1. The molecule has 2 aromatic heterocycles. The zero-order valence-corrected chi connectivity index (χ0v) is 11.6. The fourth-order valence-corrected chi connectivity index (χ4v) is 3.05. The van der Waals surface area contributed by atoms with Gasteiger partial charge in [-0.2, -0.15) is 11.3 Å². The van der Waals surface area contributed by atoms with Crippen molar-refractivity contribution < 1.29 is 4.42 Å². The van der Waals surface area contributed by atoms with Crippen molar-refractivity contribution >= 4 is 44.9 Å². The molecular weight excluding hydrogens is 347 g/mol. The number of benzene rings is 1. The monoisotopic (exact) mass is 354 g/mol. The predicted molar refractivity (Wildman–Crippen MR) is 78.5 cm³/mol. The minimum Gasteiger partial charge on any atom is -0.455 e. The smallest absolute Gasteiger partial charge is 0.206 e. The average Bonchev–Trinajstić information content (AvgIpc) is 2.87. The molecule has 0 aliphatic carbocycles. The fourth-order valence-electron chi connectivity index (χ4n) is 1.70. The maximum Gasteiger partial charge on any atom is 0.206 e. The zero-order chi connectivity index (χ0) is 11.8. The lowest BCUT2D eigenvalue weighted by Gasteiger charge is -2.03. The summed E-state index contributed by atoms with van der Waals surface area (Å²) in [6, 6.07) is 9.29. The molecule has 0 fully saturated rings. The third kappa shape index (κ3) is 1.81. The number of halogens is 1. The highest BCUT2D eigenvalue weighted by Crippen LogP contribution is 2.28. The number of hydrogen-bond donors (Lipinski definition) is 0. The average molecular weight is 354 g/mol. The normalized spacial score (nSPS) is 10.9. The highest BCUT2D eigenvalue weighted by atomic mass is 127. The second kappa shape index (κ2) is 4.27. The van der Waals surface area contributed by atoms with Crippen LogP contribution in [0.5, 0.6) is 0 Å². The lowest BCUT2D eigenvalue weighted by atomic mass is 10.2. The van der Waals surface area contributed by atoms with Crippen LogP contribution in [0.25, 0.3) is 22.3 Å². The largest absolute Gasteiger partial charge is 0.455 e. The first-order chi connectivity index (χ1) is 8.27. The van der Waals surface area contributed by atoms with E-state index in [4.69, 9.17) is 4.42 Å². The predicted octanol–water partition coefficient (Wildman–Crippen LogP) is 4.13. The highest BCUT2D eigenvalue weighted by Gasteiger charge is 2.13. The third-order valence-electron chi connectivity index (χ3n) is 2.53. The molecule has 4 heteroatoms. The van der Waals surface area contributed by atoms with Crippen LogP contribution in [0.15, 0.2) is 50.3 Å². The van der Waals surface area contributed by atoms with Crippen molar-refractivity contribution in [2.75, 3.05) is 0 Å². The van der Waals surface area contributed by atoms with Crippen LogP contribution in [0.2, 0.25) is 0 Å². The van der Waals surface area contributed by atoms with Crippen molar-refractivity contribution in [3.8, 4) is 11.3 Å². The number of para-hydroxylation sites is 1. The summed E-state index contributed by atoms with van der Waals surface area (Å²) in [7, 11) is 0. The topological polar surface area (TPSA) is 30.2 Å². The molecule has 1 aromatic carbocycles. The molecule has 0 saturated heterocycles. The lowest BCUT2D eigenvalue weighted by molar-refractivity contribution is 0.615. The Morgan fingerprint density at radius 2 is 2.00 bits per heavy atom. The standard InChI is InChI=1S/C13H7IO2S/c14-11-12(15)9-3-1-2-4-10(9)16-13(11)8-5-6-17-7-8/h1-7H. The van der Waals surface area contributed by atoms with Crippen molar-refractivity contribution in [2.45, 2.75) is 0 Å². The van der Waals surface area contributed by atoms with Gasteiger partial charge in [0.25, 0.3) is 0 Å². The van der Waals surface area contributed by atoms with Gasteiger partial charge in [0, 0.05) is 10.9 Å². The van der Waals surface area contributed by atoms with Crippen molar-refractivity contribution in [3.05, 3.63) is 54.9 Å².